The minimum absolute atomic E-state index is 0.0209. The van der Waals surface area contributed by atoms with Crippen LogP contribution in [0.15, 0.2) is 48.5 Å². The molecule has 3 heterocycles. The van der Waals surface area contributed by atoms with E-state index in [4.69, 9.17) is 9.47 Å². The molecule has 1 fully saturated rings. The average molecular weight is 408 g/mol. The standard InChI is InChI=1S/C24H25NO3S/c1-16(2)28-21-18-8-4-6-10-20(18)29-22(21)23(26)25-13-11-24(12-14-25)19-9-5-3-7-17(19)15-27-24/h3-10,16H,11-15H2,1-2H3. The Balaban J connectivity index is 1.40. The van der Waals surface area contributed by atoms with Crippen molar-refractivity contribution in [2.45, 2.75) is 45.0 Å². The van der Waals surface area contributed by atoms with Crippen LogP contribution in [0, 0.1) is 0 Å². The van der Waals surface area contributed by atoms with Crippen LogP contribution in [-0.4, -0.2) is 30.0 Å². The molecule has 150 valence electrons. The maximum atomic E-state index is 13.4. The maximum Gasteiger partial charge on any atom is 0.267 e. The largest absolute Gasteiger partial charge is 0.489 e. The third kappa shape index (κ3) is 3.13. The van der Waals surface area contributed by atoms with Crippen LogP contribution >= 0.6 is 11.3 Å². The van der Waals surface area contributed by atoms with E-state index in [1.807, 2.05) is 36.9 Å². The Hall–Kier alpha value is -2.37. The second kappa shape index (κ2) is 7.15. The first kappa shape index (κ1) is 18.6. The van der Waals surface area contributed by atoms with E-state index in [0.717, 1.165) is 28.7 Å². The predicted octanol–water partition coefficient (Wildman–Crippen LogP) is 5.35. The average Bonchev–Trinajstić information content (AvgIpc) is 3.27. The fraction of sp³-hybridized carbons (Fsp3) is 0.375. The molecule has 0 aliphatic carbocycles. The van der Waals surface area contributed by atoms with E-state index >= 15 is 0 Å². The lowest BCUT2D eigenvalue weighted by Gasteiger charge is -2.39. The number of hydrogen-bond donors (Lipinski definition) is 0. The third-order valence-corrected chi connectivity index (χ3v) is 7.11. The summed E-state index contributed by atoms with van der Waals surface area (Å²) in [5.41, 5.74) is 2.35. The van der Waals surface area contributed by atoms with Gasteiger partial charge >= 0.3 is 0 Å². The molecule has 5 heteroatoms. The summed E-state index contributed by atoms with van der Waals surface area (Å²) in [6, 6.07) is 16.6. The van der Waals surface area contributed by atoms with Gasteiger partial charge < -0.3 is 14.4 Å². The molecule has 3 aromatic rings. The van der Waals surface area contributed by atoms with Gasteiger partial charge in [-0.3, -0.25) is 4.79 Å². The highest BCUT2D eigenvalue weighted by Crippen LogP contribution is 2.45. The lowest BCUT2D eigenvalue weighted by molar-refractivity contribution is -0.0741. The molecule has 1 saturated heterocycles. The Labute approximate surface area is 175 Å². The SMILES string of the molecule is CC(C)Oc1c(C(=O)N2CCC3(CC2)OCc2ccccc23)sc2ccccc12. The van der Waals surface area contributed by atoms with Crippen molar-refractivity contribution in [3.63, 3.8) is 0 Å². The third-order valence-electron chi connectivity index (χ3n) is 5.97. The monoisotopic (exact) mass is 407 g/mol. The number of likely N-dealkylation sites (tertiary alicyclic amines) is 1. The molecule has 2 aromatic carbocycles. The Kier molecular flexibility index (Phi) is 4.60. The smallest absolute Gasteiger partial charge is 0.267 e. The van der Waals surface area contributed by atoms with E-state index in [-0.39, 0.29) is 17.6 Å². The number of benzene rings is 2. The van der Waals surface area contributed by atoms with Gasteiger partial charge in [0.15, 0.2) is 5.75 Å². The minimum atomic E-state index is -0.231. The highest BCUT2D eigenvalue weighted by atomic mass is 32.1. The van der Waals surface area contributed by atoms with Crippen molar-refractivity contribution >= 4 is 27.3 Å². The lowest BCUT2D eigenvalue weighted by atomic mass is 9.84. The van der Waals surface area contributed by atoms with Crippen molar-refractivity contribution in [2.24, 2.45) is 0 Å². The summed E-state index contributed by atoms with van der Waals surface area (Å²) in [5.74, 6) is 0.802. The van der Waals surface area contributed by atoms with Crippen molar-refractivity contribution in [1.82, 2.24) is 4.90 Å². The molecule has 4 nitrogen and oxygen atoms in total. The van der Waals surface area contributed by atoms with Crippen LogP contribution in [-0.2, 0) is 16.9 Å². The highest BCUT2D eigenvalue weighted by Gasteiger charge is 2.43. The topological polar surface area (TPSA) is 38.8 Å². The van der Waals surface area contributed by atoms with Crippen LogP contribution < -0.4 is 4.74 Å². The van der Waals surface area contributed by atoms with Gasteiger partial charge in [-0.2, -0.15) is 0 Å². The highest BCUT2D eigenvalue weighted by molar-refractivity contribution is 7.21. The maximum absolute atomic E-state index is 13.4. The van der Waals surface area contributed by atoms with Crippen LogP contribution in [0.3, 0.4) is 0 Å². The van der Waals surface area contributed by atoms with Crippen LogP contribution in [0.5, 0.6) is 5.75 Å². The summed E-state index contributed by atoms with van der Waals surface area (Å²) < 4.78 is 13.4. The molecule has 0 unspecified atom stereocenters. The number of fused-ring (bicyclic) bond motifs is 3. The summed E-state index contributed by atoms with van der Waals surface area (Å²) in [5, 5.41) is 1.02. The number of thiophene rings is 1. The Morgan fingerprint density at radius 1 is 1.10 bits per heavy atom. The molecular weight excluding hydrogens is 382 g/mol. The lowest BCUT2D eigenvalue weighted by Crippen LogP contribution is -2.45. The van der Waals surface area contributed by atoms with E-state index in [0.29, 0.717) is 24.6 Å². The molecule has 2 aliphatic rings. The quantitative estimate of drug-likeness (QED) is 0.587. The van der Waals surface area contributed by atoms with E-state index in [9.17, 15) is 4.79 Å². The number of hydrogen-bond acceptors (Lipinski definition) is 4. The fourth-order valence-corrected chi connectivity index (χ4v) is 5.63. The van der Waals surface area contributed by atoms with Gasteiger partial charge in [-0.1, -0.05) is 36.4 Å². The molecule has 2 aliphatic heterocycles. The van der Waals surface area contributed by atoms with Gasteiger partial charge in [0.05, 0.1) is 18.3 Å². The van der Waals surface area contributed by atoms with Crippen molar-refractivity contribution in [1.29, 1.82) is 0 Å². The zero-order valence-corrected chi connectivity index (χ0v) is 17.6. The zero-order valence-electron chi connectivity index (χ0n) is 16.8. The number of amides is 1. The van der Waals surface area contributed by atoms with Gasteiger partial charge in [-0.05, 0) is 49.9 Å². The molecule has 29 heavy (non-hydrogen) atoms. The summed E-state index contributed by atoms with van der Waals surface area (Å²) in [6.07, 6.45) is 1.69. The predicted molar refractivity (Wildman–Crippen MR) is 116 cm³/mol. The summed E-state index contributed by atoms with van der Waals surface area (Å²) in [7, 11) is 0. The normalized spacial score (nSPS) is 17.8. The zero-order chi connectivity index (χ0) is 20.0. The molecule has 0 atom stereocenters. The van der Waals surface area contributed by atoms with Crippen LogP contribution in [0.1, 0.15) is 47.5 Å². The molecule has 1 aromatic heterocycles. The minimum Gasteiger partial charge on any atom is -0.489 e. The molecule has 0 radical (unpaired) electrons. The van der Waals surface area contributed by atoms with Gasteiger partial charge in [-0.15, -0.1) is 11.3 Å². The summed E-state index contributed by atoms with van der Waals surface area (Å²) >= 11 is 1.53. The van der Waals surface area contributed by atoms with Crippen molar-refractivity contribution < 1.29 is 14.3 Å². The molecule has 1 amide bonds. The second-order valence-electron chi connectivity index (χ2n) is 8.16. The van der Waals surface area contributed by atoms with Crippen molar-refractivity contribution in [3.05, 3.63) is 64.5 Å². The van der Waals surface area contributed by atoms with Gasteiger partial charge in [-0.25, -0.2) is 0 Å². The second-order valence-corrected chi connectivity index (χ2v) is 9.21. The Morgan fingerprint density at radius 2 is 1.83 bits per heavy atom. The molecular formula is C24H25NO3S. The first-order valence-corrected chi connectivity index (χ1v) is 11.1. The van der Waals surface area contributed by atoms with Crippen LogP contribution in [0.4, 0.5) is 0 Å². The number of nitrogens with zero attached hydrogens (tertiary/aromatic N) is 1. The van der Waals surface area contributed by atoms with Crippen LogP contribution in [0.2, 0.25) is 0 Å². The van der Waals surface area contributed by atoms with Gasteiger partial charge in [0.25, 0.3) is 5.91 Å². The Morgan fingerprint density at radius 3 is 2.62 bits per heavy atom. The molecule has 0 N–H and O–H groups in total. The van der Waals surface area contributed by atoms with Crippen molar-refractivity contribution in [3.8, 4) is 5.75 Å². The number of piperidine rings is 1. The number of rotatable bonds is 3. The van der Waals surface area contributed by atoms with E-state index < -0.39 is 0 Å². The summed E-state index contributed by atoms with van der Waals surface area (Å²) in [6.45, 7) is 6.07. The van der Waals surface area contributed by atoms with Gasteiger partial charge in [0, 0.05) is 23.2 Å². The van der Waals surface area contributed by atoms with Gasteiger partial charge in [0.1, 0.15) is 4.88 Å². The summed E-state index contributed by atoms with van der Waals surface area (Å²) in [4.78, 5) is 16.1. The van der Waals surface area contributed by atoms with E-state index in [2.05, 4.69) is 30.3 Å². The van der Waals surface area contributed by atoms with E-state index in [1.54, 1.807) is 0 Å². The first-order valence-electron chi connectivity index (χ1n) is 10.3. The molecule has 0 bridgehead atoms. The number of carbonyl (C=O) groups is 1. The number of ether oxygens (including phenoxy) is 2. The van der Waals surface area contributed by atoms with Gasteiger partial charge in [0.2, 0.25) is 0 Å². The molecule has 5 rings (SSSR count). The van der Waals surface area contributed by atoms with Crippen LogP contribution in [0.25, 0.3) is 10.1 Å². The van der Waals surface area contributed by atoms with E-state index in [1.165, 1.54) is 22.5 Å². The first-order chi connectivity index (χ1) is 14.1. The molecule has 0 saturated carbocycles. The Bertz CT molecular complexity index is 1060. The number of carbonyl (C=O) groups excluding carboxylic acids is 1. The fourth-order valence-electron chi connectivity index (χ4n) is 4.53. The van der Waals surface area contributed by atoms with Crippen molar-refractivity contribution in [2.75, 3.05) is 13.1 Å². The molecule has 1 spiro atoms.